The van der Waals surface area contributed by atoms with Crippen LogP contribution in [0.25, 0.3) is 0 Å². The van der Waals surface area contributed by atoms with Crippen LogP contribution in [-0.4, -0.2) is 22.6 Å². The van der Waals surface area contributed by atoms with Gasteiger partial charge in [-0.15, -0.1) is 0 Å². The lowest BCUT2D eigenvalue weighted by atomic mass is 10.2. The lowest BCUT2D eigenvalue weighted by Gasteiger charge is -2.16. The Labute approximate surface area is 147 Å². The number of anilines is 1. The van der Waals surface area contributed by atoms with Crippen LogP contribution < -0.4 is 14.2 Å². The van der Waals surface area contributed by atoms with E-state index in [-0.39, 0.29) is 16.5 Å². The summed E-state index contributed by atoms with van der Waals surface area (Å²) < 4.78 is 76.1. The van der Waals surface area contributed by atoms with Crippen molar-refractivity contribution in [2.24, 2.45) is 0 Å². The molecule has 2 rings (SSSR count). The molecule has 0 radical (unpaired) electrons. The van der Waals surface area contributed by atoms with E-state index in [1.54, 1.807) is 0 Å². The van der Waals surface area contributed by atoms with Crippen LogP contribution in [-0.2, 0) is 16.2 Å². The Balaban J connectivity index is 2.55. The van der Waals surface area contributed by atoms with Gasteiger partial charge in [0.2, 0.25) is 0 Å². The number of rotatable bonds is 5. The first kappa shape index (κ1) is 19.2. The van der Waals surface area contributed by atoms with Crippen molar-refractivity contribution in [1.82, 2.24) is 0 Å². The van der Waals surface area contributed by atoms with Gasteiger partial charge in [0, 0.05) is 12.1 Å². The molecule has 0 atom stereocenters. The van der Waals surface area contributed by atoms with Gasteiger partial charge in [-0.25, -0.2) is 8.42 Å². The molecule has 5 nitrogen and oxygen atoms in total. The summed E-state index contributed by atoms with van der Waals surface area (Å²) in [5, 5.41) is 0.0917. The second kappa shape index (κ2) is 7.01. The lowest BCUT2D eigenvalue weighted by molar-refractivity contribution is -0.136. The van der Waals surface area contributed by atoms with Crippen molar-refractivity contribution in [3.63, 3.8) is 0 Å². The molecule has 0 amide bonds. The van der Waals surface area contributed by atoms with Crippen LogP contribution in [0.4, 0.5) is 18.9 Å². The average molecular weight is 396 g/mol. The molecule has 0 aromatic heterocycles. The molecular weight excluding hydrogens is 383 g/mol. The molecular formula is C15H13ClF3NO4S. The maximum absolute atomic E-state index is 13.0. The van der Waals surface area contributed by atoms with Crippen LogP contribution in [0.1, 0.15) is 5.56 Å². The van der Waals surface area contributed by atoms with E-state index in [1.807, 2.05) is 4.72 Å². The maximum Gasteiger partial charge on any atom is 0.418 e. The number of hydrogen-bond acceptors (Lipinski definition) is 4. The minimum absolute atomic E-state index is 0.0342. The Bertz CT molecular complexity index is 885. The minimum atomic E-state index is -4.72. The third kappa shape index (κ3) is 4.10. The van der Waals surface area contributed by atoms with Gasteiger partial charge in [-0.1, -0.05) is 23.7 Å². The van der Waals surface area contributed by atoms with E-state index in [9.17, 15) is 21.6 Å². The third-order valence-corrected chi connectivity index (χ3v) is 4.89. The highest BCUT2D eigenvalue weighted by Crippen LogP contribution is 2.38. The number of alkyl halides is 3. The molecule has 2 aromatic rings. The zero-order valence-electron chi connectivity index (χ0n) is 13.0. The molecule has 1 N–H and O–H groups in total. The number of sulfonamides is 1. The van der Waals surface area contributed by atoms with Crippen molar-refractivity contribution < 1.29 is 31.1 Å². The fourth-order valence-electron chi connectivity index (χ4n) is 2.06. The number of halogens is 4. The summed E-state index contributed by atoms with van der Waals surface area (Å²) in [6, 6.07) is 6.50. The Morgan fingerprint density at radius 3 is 2.20 bits per heavy atom. The summed E-state index contributed by atoms with van der Waals surface area (Å²) in [6.07, 6.45) is -4.72. The topological polar surface area (TPSA) is 64.6 Å². The Morgan fingerprint density at radius 2 is 1.64 bits per heavy atom. The van der Waals surface area contributed by atoms with Crippen LogP contribution in [0, 0.1) is 0 Å². The zero-order valence-corrected chi connectivity index (χ0v) is 14.6. The first-order chi connectivity index (χ1) is 11.6. The summed E-state index contributed by atoms with van der Waals surface area (Å²) in [4.78, 5) is -0.409. The SMILES string of the molecule is COc1cc(S(=O)(=O)Nc2ccccc2C(F)(F)F)c(OC)cc1Cl. The van der Waals surface area contributed by atoms with Crippen molar-refractivity contribution in [2.45, 2.75) is 11.1 Å². The molecule has 0 saturated heterocycles. The summed E-state index contributed by atoms with van der Waals surface area (Å²) in [7, 11) is -1.92. The van der Waals surface area contributed by atoms with Gasteiger partial charge in [0.05, 0.1) is 30.5 Å². The average Bonchev–Trinajstić information content (AvgIpc) is 2.53. The van der Waals surface area contributed by atoms with Gasteiger partial charge in [-0.05, 0) is 12.1 Å². The van der Waals surface area contributed by atoms with Gasteiger partial charge in [-0.3, -0.25) is 4.72 Å². The van der Waals surface area contributed by atoms with E-state index in [1.165, 1.54) is 26.4 Å². The van der Waals surface area contributed by atoms with Crippen molar-refractivity contribution in [3.05, 3.63) is 47.0 Å². The predicted molar refractivity (Wildman–Crippen MR) is 86.8 cm³/mol. The molecule has 0 aliphatic heterocycles. The number of para-hydroxylation sites is 1. The van der Waals surface area contributed by atoms with Crippen molar-refractivity contribution in [2.75, 3.05) is 18.9 Å². The van der Waals surface area contributed by atoms with Gasteiger partial charge in [0.25, 0.3) is 10.0 Å². The monoisotopic (exact) mass is 395 g/mol. The number of hydrogen-bond donors (Lipinski definition) is 1. The smallest absolute Gasteiger partial charge is 0.418 e. The van der Waals surface area contributed by atoms with Gasteiger partial charge in [0.15, 0.2) is 0 Å². The van der Waals surface area contributed by atoms with E-state index in [4.69, 9.17) is 21.1 Å². The Kier molecular flexibility index (Phi) is 5.38. The fraction of sp³-hybridized carbons (Fsp3) is 0.200. The highest BCUT2D eigenvalue weighted by Gasteiger charge is 2.34. The molecule has 0 heterocycles. The Morgan fingerprint density at radius 1 is 1.04 bits per heavy atom. The molecule has 25 heavy (non-hydrogen) atoms. The van der Waals surface area contributed by atoms with E-state index < -0.39 is 32.3 Å². The zero-order chi connectivity index (χ0) is 18.8. The largest absolute Gasteiger partial charge is 0.495 e. The number of methoxy groups -OCH3 is 2. The molecule has 0 saturated carbocycles. The molecule has 136 valence electrons. The highest BCUT2D eigenvalue weighted by molar-refractivity contribution is 7.92. The van der Waals surface area contributed by atoms with Gasteiger partial charge < -0.3 is 9.47 Å². The van der Waals surface area contributed by atoms with Crippen molar-refractivity contribution in [1.29, 1.82) is 0 Å². The molecule has 0 unspecified atom stereocenters. The minimum Gasteiger partial charge on any atom is -0.495 e. The predicted octanol–water partition coefficient (Wildman–Crippen LogP) is 4.18. The van der Waals surface area contributed by atoms with Crippen LogP contribution in [0.5, 0.6) is 11.5 Å². The van der Waals surface area contributed by atoms with Gasteiger partial charge >= 0.3 is 6.18 Å². The first-order valence-corrected chi connectivity index (χ1v) is 8.57. The highest BCUT2D eigenvalue weighted by atomic mass is 35.5. The lowest BCUT2D eigenvalue weighted by Crippen LogP contribution is -2.18. The van der Waals surface area contributed by atoms with E-state index in [0.717, 1.165) is 24.3 Å². The molecule has 0 aliphatic rings. The number of nitrogens with one attached hydrogen (secondary N) is 1. The molecule has 10 heteroatoms. The van der Waals surface area contributed by atoms with Gasteiger partial charge in [-0.2, -0.15) is 13.2 Å². The normalized spacial score (nSPS) is 11.9. The summed E-state index contributed by atoms with van der Waals surface area (Å²) in [5.41, 5.74) is -1.72. The van der Waals surface area contributed by atoms with Crippen molar-refractivity contribution >= 4 is 27.3 Å². The Hall–Kier alpha value is -2.13. The van der Waals surface area contributed by atoms with E-state index in [0.29, 0.717) is 0 Å². The van der Waals surface area contributed by atoms with Crippen LogP contribution in [0.2, 0.25) is 5.02 Å². The standard InChI is InChI=1S/C15H13ClF3NO4S/c1-23-12-8-14(13(24-2)7-10(12)16)25(21,22)20-11-6-4-3-5-9(11)15(17,18)19/h3-8,20H,1-2H3. The number of benzene rings is 2. The second-order valence-electron chi connectivity index (χ2n) is 4.79. The van der Waals surface area contributed by atoms with Crippen LogP contribution in [0.3, 0.4) is 0 Å². The summed E-state index contributed by atoms with van der Waals surface area (Å²) >= 11 is 5.91. The van der Waals surface area contributed by atoms with E-state index in [2.05, 4.69) is 0 Å². The summed E-state index contributed by atoms with van der Waals surface area (Å²) in [5.74, 6) is -0.102. The molecule has 0 bridgehead atoms. The van der Waals surface area contributed by atoms with Crippen LogP contribution >= 0.6 is 11.6 Å². The quantitative estimate of drug-likeness (QED) is 0.825. The maximum atomic E-state index is 13.0. The molecule has 0 spiro atoms. The molecule has 0 fully saturated rings. The van der Waals surface area contributed by atoms with Gasteiger partial charge in [0.1, 0.15) is 16.4 Å². The molecule has 2 aromatic carbocycles. The van der Waals surface area contributed by atoms with E-state index >= 15 is 0 Å². The summed E-state index contributed by atoms with van der Waals surface area (Å²) in [6.45, 7) is 0. The molecule has 0 aliphatic carbocycles. The third-order valence-electron chi connectivity index (χ3n) is 3.20. The first-order valence-electron chi connectivity index (χ1n) is 6.70. The number of ether oxygens (including phenoxy) is 2. The van der Waals surface area contributed by atoms with Crippen molar-refractivity contribution in [3.8, 4) is 11.5 Å². The fourth-order valence-corrected chi connectivity index (χ4v) is 3.54. The van der Waals surface area contributed by atoms with Crippen LogP contribution in [0.15, 0.2) is 41.3 Å². The second-order valence-corrected chi connectivity index (χ2v) is 6.84.